The summed E-state index contributed by atoms with van der Waals surface area (Å²) < 4.78 is 10.5. The summed E-state index contributed by atoms with van der Waals surface area (Å²) >= 11 is 0. The van der Waals surface area contributed by atoms with Crippen molar-refractivity contribution in [3.63, 3.8) is 0 Å². The van der Waals surface area contributed by atoms with Crippen molar-refractivity contribution in [1.82, 2.24) is 4.90 Å². The lowest BCUT2D eigenvalue weighted by Gasteiger charge is -2.31. The van der Waals surface area contributed by atoms with Crippen LogP contribution in [0.15, 0.2) is 24.3 Å². The van der Waals surface area contributed by atoms with Crippen LogP contribution in [0.1, 0.15) is 24.8 Å². The van der Waals surface area contributed by atoms with E-state index in [-0.39, 0.29) is 0 Å². The first kappa shape index (κ1) is 15.3. The van der Waals surface area contributed by atoms with E-state index in [9.17, 15) is 0 Å². The third-order valence-electron chi connectivity index (χ3n) is 4.18. The highest BCUT2D eigenvalue weighted by molar-refractivity contribution is 5.28. The molecule has 112 valence electrons. The molecule has 1 aliphatic rings. The van der Waals surface area contributed by atoms with E-state index in [1.165, 1.54) is 44.5 Å². The summed E-state index contributed by atoms with van der Waals surface area (Å²) in [5.41, 5.74) is 1.37. The molecule has 20 heavy (non-hydrogen) atoms. The maximum absolute atomic E-state index is 5.26. The number of benzene rings is 1. The molecule has 0 spiro atoms. The molecule has 0 aliphatic carbocycles. The van der Waals surface area contributed by atoms with Crippen molar-refractivity contribution in [1.29, 1.82) is 0 Å². The highest BCUT2D eigenvalue weighted by Gasteiger charge is 2.18. The fourth-order valence-corrected chi connectivity index (χ4v) is 2.95. The number of likely N-dealkylation sites (tertiary alicyclic amines) is 1. The number of nitrogens with zero attached hydrogens (tertiary/aromatic N) is 1. The lowest BCUT2D eigenvalue weighted by Crippen LogP contribution is -2.35. The van der Waals surface area contributed by atoms with Crippen molar-refractivity contribution in [2.24, 2.45) is 5.92 Å². The number of rotatable bonds is 7. The molecular formula is C17H27NO2. The Balaban J connectivity index is 1.66. The van der Waals surface area contributed by atoms with E-state index in [1.54, 1.807) is 14.2 Å². The van der Waals surface area contributed by atoms with E-state index < -0.39 is 0 Å². The van der Waals surface area contributed by atoms with E-state index in [0.29, 0.717) is 0 Å². The predicted octanol–water partition coefficient (Wildman–Crippen LogP) is 2.99. The Morgan fingerprint density at radius 2 is 2.00 bits per heavy atom. The summed E-state index contributed by atoms with van der Waals surface area (Å²) in [6.07, 6.45) is 4.93. The largest absolute Gasteiger partial charge is 0.497 e. The van der Waals surface area contributed by atoms with Gasteiger partial charge in [0.2, 0.25) is 0 Å². The van der Waals surface area contributed by atoms with Gasteiger partial charge >= 0.3 is 0 Å². The molecule has 1 aliphatic heterocycles. The molecule has 0 aromatic heterocycles. The van der Waals surface area contributed by atoms with Gasteiger partial charge in [-0.2, -0.15) is 0 Å². The van der Waals surface area contributed by atoms with Gasteiger partial charge in [0.15, 0.2) is 0 Å². The Labute approximate surface area is 122 Å². The first-order valence-electron chi connectivity index (χ1n) is 7.66. The first-order valence-corrected chi connectivity index (χ1v) is 7.66. The van der Waals surface area contributed by atoms with Crippen LogP contribution in [0.3, 0.4) is 0 Å². The third kappa shape index (κ3) is 4.80. The second-order valence-corrected chi connectivity index (χ2v) is 5.70. The number of aryl methyl sites for hydroxylation is 1. The van der Waals surface area contributed by atoms with Crippen molar-refractivity contribution in [3.8, 4) is 5.75 Å². The SMILES string of the molecule is COCC1CCN(CCCc2cccc(OC)c2)CC1. The molecule has 3 nitrogen and oxygen atoms in total. The summed E-state index contributed by atoms with van der Waals surface area (Å²) in [6, 6.07) is 8.41. The smallest absolute Gasteiger partial charge is 0.119 e. The van der Waals surface area contributed by atoms with Crippen molar-refractivity contribution in [2.75, 3.05) is 40.5 Å². The Bertz CT molecular complexity index is 386. The van der Waals surface area contributed by atoms with Crippen LogP contribution < -0.4 is 4.74 Å². The lowest BCUT2D eigenvalue weighted by atomic mass is 9.97. The van der Waals surface area contributed by atoms with Crippen LogP contribution in [-0.4, -0.2) is 45.4 Å². The molecule has 0 atom stereocenters. The van der Waals surface area contributed by atoms with Crippen LogP contribution in [0.5, 0.6) is 5.75 Å². The van der Waals surface area contributed by atoms with Gasteiger partial charge in [-0.1, -0.05) is 12.1 Å². The van der Waals surface area contributed by atoms with E-state index in [0.717, 1.165) is 24.7 Å². The Hall–Kier alpha value is -1.06. The molecule has 0 saturated carbocycles. The Morgan fingerprint density at radius 1 is 1.20 bits per heavy atom. The first-order chi connectivity index (χ1) is 9.81. The minimum atomic E-state index is 0.773. The van der Waals surface area contributed by atoms with Gasteiger partial charge in [0.25, 0.3) is 0 Å². The minimum absolute atomic E-state index is 0.773. The highest BCUT2D eigenvalue weighted by atomic mass is 16.5. The van der Waals surface area contributed by atoms with Gasteiger partial charge < -0.3 is 14.4 Å². The fraction of sp³-hybridized carbons (Fsp3) is 0.647. The van der Waals surface area contributed by atoms with Crippen LogP contribution in [0.2, 0.25) is 0 Å². The molecule has 3 heteroatoms. The van der Waals surface area contributed by atoms with Crippen molar-refractivity contribution in [3.05, 3.63) is 29.8 Å². The van der Waals surface area contributed by atoms with Gasteiger partial charge in [0.05, 0.1) is 7.11 Å². The van der Waals surface area contributed by atoms with E-state index >= 15 is 0 Å². The topological polar surface area (TPSA) is 21.7 Å². The molecule has 0 amide bonds. The number of hydrogen-bond acceptors (Lipinski definition) is 3. The summed E-state index contributed by atoms with van der Waals surface area (Å²) in [6.45, 7) is 4.59. The van der Waals surface area contributed by atoms with Crippen LogP contribution in [-0.2, 0) is 11.2 Å². The van der Waals surface area contributed by atoms with Crippen LogP contribution in [0, 0.1) is 5.92 Å². The van der Waals surface area contributed by atoms with Gasteiger partial charge in [-0.3, -0.25) is 0 Å². The molecule has 0 bridgehead atoms. The van der Waals surface area contributed by atoms with Crippen LogP contribution >= 0.6 is 0 Å². The summed E-state index contributed by atoms with van der Waals surface area (Å²) in [7, 11) is 3.53. The number of ether oxygens (including phenoxy) is 2. The zero-order valence-electron chi connectivity index (χ0n) is 12.8. The average Bonchev–Trinajstić information content (AvgIpc) is 2.50. The monoisotopic (exact) mass is 277 g/mol. The third-order valence-corrected chi connectivity index (χ3v) is 4.18. The fourth-order valence-electron chi connectivity index (χ4n) is 2.95. The van der Waals surface area contributed by atoms with Crippen LogP contribution in [0.25, 0.3) is 0 Å². The van der Waals surface area contributed by atoms with E-state index in [2.05, 4.69) is 23.1 Å². The minimum Gasteiger partial charge on any atom is -0.497 e. The normalized spacial score (nSPS) is 17.3. The number of methoxy groups -OCH3 is 2. The summed E-state index contributed by atoms with van der Waals surface area (Å²) in [5.74, 6) is 1.73. The molecule has 2 rings (SSSR count). The average molecular weight is 277 g/mol. The predicted molar refractivity (Wildman–Crippen MR) is 82.4 cm³/mol. The molecule has 1 aromatic carbocycles. The maximum atomic E-state index is 5.26. The molecule has 1 fully saturated rings. The molecule has 1 heterocycles. The second kappa shape index (κ2) is 8.28. The maximum Gasteiger partial charge on any atom is 0.119 e. The Morgan fingerprint density at radius 3 is 2.70 bits per heavy atom. The molecule has 0 N–H and O–H groups in total. The lowest BCUT2D eigenvalue weighted by molar-refractivity contribution is 0.0991. The van der Waals surface area contributed by atoms with Gasteiger partial charge in [0.1, 0.15) is 5.75 Å². The Kier molecular flexibility index (Phi) is 6.34. The van der Waals surface area contributed by atoms with E-state index in [4.69, 9.17) is 9.47 Å². The van der Waals surface area contributed by atoms with Gasteiger partial charge in [-0.15, -0.1) is 0 Å². The van der Waals surface area contributed by atoms with E-state index in [1.807, 2.05) is 6.07 Å². The standard InChI is InChI=1S/C17H27NO2/c1-19-14-16-8-11-18(12-9-16)10-4-6-15-5-3-7-17(13-15)20-2/h3,5,7,13,16H,4,6,8-12,14H2,1-2H3. The quantitative estimate of drug-likeness (QED) is 0.765. The van der Waals surface area contributed by atoms with Crippen molar-refractivity contribution < 1.29 is 9.47 Å². The molecular weight excluding hydrogens is 250 g/mol. The van der Waals surface area contributed by atoms with Gasteiger partial charge in [-0.05, 0) is 68.9 Å². The van der Waals surface area contributed by atoms with Crippen molar-refractivity contribution in [2.45, 2.75) is 25.7 Å². The van der Waals surface area contributed by atoms with Crippen LogP contribution in [0.4, 0.5) is 0 Å². The molecule has 0 unspecified atom stereocenters. The number of piperidine rings is 1. The second-order valence-electron chi connectivity index (χ2n) is 5.70. The zero-order chi connectivity index (χ0) is 14.2. The summed E-state index contributed by atoms with van der Waals surface area (Å²) in [4.78, 5) is 2.59. The highest BCUT2D eigenvalue weighted by Crippen LogP contribution is 2.18. The zero-order valence-corrected chi connectivity index (χ0v) is 12.8. The van der Waals surface area contributed by atoms with Gasteiger partial charge in [-0.25, -0.2) is 0 Å². The summed E-state index contributed by atoms with van der Waals surface area (Å²) in [5, 5.41) is 0. The molecule has 1 saturated heterocycles. The molecule has 1 aromatic rings. The molecule has 0 radical (unpaired) electrons. The van der Waals surface area contributed by atoms with Crippen molar-refractivity contribution >= 4 is 0 Å². The number of hydrogen-bond donors (Lipinski definition) is 0. The van der Waals surface area contributed by atoms with Gasteiger partial charge in [0, 0.05) is 13.7 Å².